The van der Waals surface area contributed by atoms with Crippen LogP contribution in [-0.2, 0) is 33.8 Å². The predicted molar refractivity (Wildman–Crippen MR) is 198 cm³/mol. The van der Waals surface area contributed by atoms with E-state index in [-0.39, 0.29) is 34.2 Å². The third-order valence-electron chi connectivity index (χ3n) is 10.0. The van der Waals surface area contributed by atoms with E-state index in [2.05, 4.69) is 33.5 Å². The van der Waals surface area contributed by atoms with Crippen LogP contribution in [0.5, 0.6) is 5.75 Å². The van der Waals surface area contributed by atoms with Crippen molar-refractivity contribution in [3.63, 3.8) is 0 Å². The van der Waals surface area contributed by atoms with Crippen LogP contribution in [0, 0.1) is 0 Å². The highest BCUT2D eigenvalue weighted by molar-refractivity contribution is 7.92. The van der Waals surface area contributed by atoms with E-state index in [9.17, 15) is 27.9 Å². The minimum atomic E-state index is -3.95. The van der Waals surface area contributed by atoms with Gasteiger partial charge < -0.3 is 29.9 Å². The van der Waals surface area contributed by atoms with Crippen LogP contribution < -0.4 is 15.2 Å². The first-order chi connectivity index (χ1) is 23.8. The summed E-state index contributed by atoms with van der Waals surface area (Å²) in [5, 5.41) is 11.3. The number of piperazine rings is 1. The number of carbonyl (C=O) groups excluding carboxylic acids is 2. The first kappa shape index (κ1) is 38.1. The zero-order valence-electron chi connectivity index (χ0n) is 30.9. The molecule has 2 aromatic carbocycles. The van der Waals surface area contributed by atoms with Crippen LogP contribution in [0.15, 0.2) is 24.3 Å². The Kier molecular flexibility index (Phi) is 10.8. The molecule has 0 aliphatic carbocycles. The Morgan fingerprint density at radius 1 is 1.06 bits per heavy atom. The number of carboxylic acids is 1. The molecule has 5 rings (SSSR count). The van der Waals surface area contributed by atoms with Crippen LogP contribution in [0.4, 0.5) is 5.69 Å². The molecule has 0 radical (unpaired) electrons. The number of aromatic nitrogens is 1. The second-order valence-electron chi connectivity index (χ2n) is 14.9. The second kappa shape index (κ2) is 14.4. The number of hydrogen-bond acceptors (Lipinski definition) is 9. The topological polar surface area (TPSA) is 171 Å². The molecule has 278 valence electrons. The summed E-state index contributed by atoms with van der Waals surface area (Å²) in [4.78, 5) is 47.6. The highest BCUT2D eigenvalue weighted by atomic mass is 32.2. The molecule has 14 nitrogen and oxygen atoms in total. The Bertz CT molecular complexity index is 1960. The van der Waals surface area contributed by atoms with Gasteiger partial charge in [-0.25, -0.2) is 13.2 Å². The number of primary amides is 1. The molecule has 2 amide bonds. The van der Waals surface area contributed by atoms with Crippen molar-refractivity contribution >= 4 is 44.4 Å². The fourth-order valence-electron chi connectivity index (χ4n) is 7.49. The van der Waals surface area contributed by atoms with E-state index in [1.54, 1.807) is 17.7 Å². The number of amides is 2. The molecule has 0 saturated carbocycles. The van der Waals surface area contributed by atoms with E-state index in [0.29, 0.717) is 67.3 Å². The van der Waals surface area contributed by atoms with Crippen molar-refractivity contribution in [2.45, 2.75) is 45.2 Å². The number of likely N-dealkylation sites (tertiary alicyclic amines) is 1. The number of likely N-dealkylation sites (N-methyl/N-ethyl adjacent to an activating group) is 1. The van der Waals surface area contributed by atoms with Crippen LogP contribution in [0.3, 0.4) is 0 Å². The average molecular weight is 726 g/mol. The SMILES string of the molecule is COc1c(C(N)=O)cc(C(C)(C)C)c(-c2c(C(=O)O)n(C)c3c(CN4CCN(C(=O)CN5CCC(N(C)C)C5)CC4)cccc23)c1NS(C)(=O)=O. The van der Waals surface area contributed by atoms with Gasteiger partial charge >= 0.3 is 5.97 Å². The van der Waals surface area contributed by atoms with Gasteiger partial charge in [-0.05, 0) is 43.1 Å². The van der Waals surface area contributed by atoms with Crippen LogP contribution in [0.25, 0.3) is 22.0 Å². The van der Waals surface area contributed by atoms with Crippen molar-refractivity contribution in [3.05, 3.63) is 46.6 Å². The van der Waals surface area contributed by atoms with Crippen LogP contribution >= 0.6 is 0 Å². The second-order valence-corrected chi connectivity index (χ2v) is 16.7. The molecule has 0 bridgehead atoms. The third-order valence-corrected chi connectivity index (χ3v) is 10.6. The number of aromatic carboxylic acids is 1. The first-order valence-electron chi connectivity index (χ1n) is 17.1. The van der Waals surface area contributed by atoms with Gasteiger partial charge in [-0.1, -0.05) is 39.0 Å². The van der Waals surface area contributed by atoms with Gasteiger partial charge in [-0.3, -0.25) is 24.1 Å². The number of fused-ring (bicyclic) bond motifs is 1. The lowest BCUT2D eigenvalue weighted by molar-refractivity contribution is -0.134. The summed E-state index contributed by atoms with van der Waals surface area (Å²) in [5.41, 5.74) is 7.56. The van der Waals surface area contributed by atoms with Crippen molar-refractivity contribution in [1.82, 2.24) is 24.2 Å². The largest absolute Gasteiger partial charge is 0.494 e. The van der Waals surface area contributed by atoms with Crippen molar-refractivity contribution < 1.29 is 32.6 Å². The van der Waals surface area contributed by atoms with Crippen LogP contribution in [0.1, 0.15) is 59.2 Å². The predicted octanol–water partition coefficient (Wildman–Crippen LogP) is 2.60. The minimum Gasteiger partial charge on any atom is -0.494 e. The summed E-state index contributed by atoms with van der Waals surface area (Å²) in [5.74, 6) is -2.00. The zero-order valence-corrected chi connectivity index (χ0v) is 31.7. The Labute approximate surface area is 300 Å². The number of rotatable bonds is 11. The van der Waals surface area contributed by atoms with Gasteiger partial charge in [0.2, 0.25) is 15.9 Å². The molecule has 15 heteroatoms. The highest BCUT2D eigenvalue weighted by Crippen LogP contribution is 2.49. The fourth-order valence-corrected chi connectivity index (χ4v) is 8.05. The van der Waals surface area contributed by atoms with Gasteiger partial charge in [-0.2, -0.15) is 0 Å². The molecule has 1 atom stereocenters. The van der Waals surface area contributed by atoms with E-state index in [0.717, 1.165) is 31.3 Å². The van der Waals surface area contributed by atoms with Gasteiger partial charge in [0, 0.05) is 75.4 Å². The number of nitrogens with one attached hydrogen (secondary N) is 1. The number of aryl methyl sites for hydroxylation is 1. The molecule has 4 N–H and O–H groups in total. The van der Waals surface area contributed by atoms with Crippen molar-refractivity contribution in [2.24, 2.45) is 12.8 Å². The van der Waals surface area contributed by atoms with Crippen molar-refractivity contribution in [1.29, 1.82) is 0 Å². The van der Waals surface area contributed by atoms with E-state index in [1.165, 1.54) is 7.11 Å². The number of hydrogen-bond donors (Lipinski definition) is 3. The van der Waals surface area contributed by atoms with Gasteiger partial charge in [0.05, 0.1) is 36.7 Å². The smallest absolute Gasteiger partial charge is 0.353 e. The summed E-state index contributed by atoms with van der Waals surface area (Å²) < 4.78 is 35.4. The number of sulfonamides is 1. The molecule has 1 aromatic heterocycles. The maximum Gasteiger partial charge on any atom is 0.353 e. The standard InChI is InChI=1S/C36H51N7O7S/c1-36(2,3)26-18-25(34(37)45)33(50-7)30(38-51(8,48)49)29(26)28-24-11-9-10-22(31(24)40(6)32(28)35(46)47)19-41-14-16-43(17-15-41)27(44)21-42-13-12-23(20-42)39(4)5/h9-11,18,23,38H,12-17,19-21H2,1-8H3,(H2,37,45)(H,46,47). The van der Waals surface area contributed by atoms with Gasteiger partial charge in [0.1, 0.15) is 5.69 Å². The van der Waals surface area contributed by atoms with E-state index >= 15 is 0 Å². The lowest BCUT2D eigenvalue weighted by atomic mass is 9.79. The van der Waals surface area contributed by atoms with Crippen LogP contribution in [-0.4, -0.2) is 135 Å². The number of nitrogens with two attached hydrogens (primary N) is 1. The number of nitrogens with zero attached hydrogens (tertiary/aromatic N) is 5. The molecule has 2 aliphatic heterocycles. The summed E-state index contributed by atoms with van der Waals surface area (Å²) in [6.45, 7) is 10.9. The number of methoxy groups -OCH3 is 1. The van der Waals surface area contributed by atoms with Gasteiger partial charge in [0.25, 0.3) is 5.91 Å². The normalized spacial score (nSPS) is 17.7. The molecular weight excluding hydrogens is 675 g/mol. The highest BCUT2D eigenvalue weighted by Gasteiger charge is 2.35. The number of carboxylic acid groups (broad SMARTS) is 1. The van der Waals surface area contributed by atoms with E-state index in [1.807, 2.05) is 43.9 Å². The molecule has 3 aromatic rings. The van der Waals surface area contributed by atoms with Crippen LogP contribution in [0.2, 0.25) is 0 Å². The Morgan fingerprint density at radius 2 is 1.73 bits per heavy atom. The van der Waals surface area contributed by atoms with Crippen molar-refractivity contribution in [2.75, 3.05) is 78.0 Å². The third kappa shape index (κ3) is 7.86. The quantitative estimate of drug-likeness (QED) is 0.267. The molecule has 51 heavy (non-hydrogen) atoms. The zero-order chi connectivity index (χ0) is 37.6. The number of ether oxygens (including phenoxy) is 1. The summed E-state index contributed by atoms with van der Waals surface area (Å²) in [6.07, 6.45) is 2.03. The lowest BCUT2D eigenvalue weighted by Gasteiger charge is -2.35. The molecule has 0 spiro atoms. The lowest BCUT2D eigenvalue weighted by Crippen LogP contribution is -2.50. The summed E-state index contributed by atoms with van der Waals surface area (Å²) in [6, 6.07) is 7.67. The van der Waals surface area contributed by atoms with Gasteiger partial charge in [0.15, 0.2) is 5.75 Å². The summed E-state index contributed by atoms with van der Waals surface area (Å²) >= 11 is 0. The van der Waals surface area contributed by atoms with Gasteiger partial charge in [-0.15, -0.1) is 0 Å². The number of para-hydroxylation sites is 1. The molecule has 1 unspecified atom stereocenters. The van der Waals surface area contributed by atoms with Crippen molar-refractivity contribution in [3.8, 4) is 16.9 Å². The Hall–Kier alpha value is -4.18. The maximum absolute atomic E-state index is 13.2. The monoisotopic (exact) mass is 725 g/mol. The van der Waals surface area contributed by atoms with E-state index in [4.69, 9.17) is 10.5 Å². The number of benzene rings is 2. The molecule has 2 saturated heterocycles. The summed E-state index contributed by atoms with van der Waals surface area (Å²) in [7, 11) is 3.18. The van der Waals surface area contributed by atoms with E-state index < -0.39 is 27.3 Å². The molecule has 3 heterocycles. The average Bonchev–Trinajstić information content (AvgIpc) is 3.62. The minimum absolute atomic E-state index is 0.0362. The molecule has 2 fully saturated rings. The Morgan fingerprint density at radius 3 is 2.25 bits per heavy atom. The fraction of sp³-hybridized carbons (Fsp3) is 0.528. The maximum atomic E-state index is 13.2. The first-order valence-corrected chi connectivity index (χ1v) is 19.0. The molecule has 2 aliphatic rings. The molecular formula is C36H51N7O7S. The number of carbonyl (C=O) groups is 3. The number of anilines is 1. The Balaban J connectivity index is 1.55.